The van der Waals surface area contributed by atoms with Gasteiger partial charge in [-0.25, -0.2) is 0 Å². The molecule has 1 saturated carbocycles. The van der Waals surface area contributed by atoms with Crippen LogP contribution in [0.3, 0.4) is 0 Å². The molecule has 0 amide bonds. The third-order valence-corrected chi connectivity index (χ3v) is 3.93. The van der Waals surface area contributed by atoms with E-state index in [4.69, 9.17) is 9.47 Å². The van der Waals surface area contributed by atoms with E-state index in [1.807, 2.05) is 6.92 Å². The zero-order valence-electron chi connectivity index (χ0n) is 11.6. The van der Waals surface area contributed by atoms with Gasteiger partial charge >= 0.3 is 0 Å². The molecule has 0 spiro atoms. The molecular weight excluding hydrogens is 224 g/mol. The fourth-order valence-electron chi connectivity index (χ4n) is 2.88. The molecule has 0 aromatic carbocycles. The van der Waals surface area contributed by atoms with Crippen LogP contribution in [-0.2, 0) is 9.47 Å². The van der Waals surface area contributed by atoms with Gasteiger partial charge in [-0.1, -0.05) is 37.5 Å². The van der Waals surface area contributed by atoms with Gasteiger partial charge in [-0.2, -0.15) is 0 Å². The van der Waals surface area contributed by atoms with Crippen molar-refractivity contribution in [3.63, 3.8) is 0 Å². The lowest BCUT2D eigenvalue weighted by atomic mass is 9.82. The smallest absolute Gasteiger partial charge is 0.0794 e. The Morgan fingerprint density at radius 3 is 2.67 bits per heavy atom. The molecule has 102 valence electrons. The quantitative estimate of drug-likeness (QED) is 0.666. The lowest BCUT2D eigenvalue weighted by Crippen LogP contribution is -2.17. The molecule has 1 fully saturated rings. The fraction of sp³-hybridized carbons (Fsp3) is 0.750. The molecule has 0 N–H and O–H groups in total. The maximum absolute atomic E-state index is 5.76. The summed E-state index contributed by atoms with van der Waals surface area (Å²) in [7, 11) is 0. The Kier molecular flexibility index (Phi) is 5.95. The van der Waals surface area contributed by atoms with Crippen LogP contribution in [-0.4, -0.2) is 25.9 Å². The Hall–Kier alpha value is -0.600. The molecule has 0 saturated heterocycles. The number of allylic oxidation sites excluding steroid dienone is 2. The maximum Gasteiger partial charge on any atom is 0.0794 e. The number of hydrogen-bond donors (Lipinski definition) is 0. The minimum absolute atomic E-state index is 0.262. The van der Waals surface area contributed by atoms with Crippen LogP contribution in [0.1, 0.15) is 45.4 Å². The van der Waals surface area contributed by atoms with Crippen LogP contribution in [0.25, 0.3) is 0 Å². The first-order valence-corrected chi connectivity index (χ1v) is 7.47. The van der Waals surface area contributed by atoms with Gasteiger partial charge in [0.2, 0.25) is 0 Å². The van der Waals surface area contributed by atoms with Crippen molar-refractivity contribution in [1.29, 1.82) is 0 Å². The van der Waals surface area contributed by atoms with Crippen LogP contribution in [0.4, 0.5) is 0 Å². The van der Waals surface area contributed by atoms with Gasteiger partial charge in [0.15, 0.2) is 0 Å². The van der Waals surface area contributed by atoms with Crippen LogP contribution in [0.5, 0.6) is 0 Å². The molecule has 0 heterocycles. The molecule has 2 aliphatic carbocycles. The Morgan fingerprint density at radius 2 is 2.00 bits per heavy atom. The topological polar surface area (TPSA) is 18.5 Å². The first kappa shape index (κ1) is 13.8. The molecule has 2 heteroatoms. The van der Waals surface area contributed by atoms with E-state index in [0.717, 1.165) is 18.9 Å². The van der Waals surface area contributed by atoms with Gasteiger partial charge in [-0.05, 0) is 37.7 Å². The summed E-state index contributed by atoms with van der Waals surface area (Å²) in [6.07, 6.45) is 15.2. The van der Waals surface area contributed by atoms with E-state index in [-0.39, 0.29) is 6.10 Å². The normalized spacial score (nSPS) is 25.2. The molecule has 2 rings (SSSR count). The highest BCUT2D eigenvalue weighted by Crippen LogP contribution is 2.32. The summed E-state index contributed by atoms with van der Waals surface area (Å²) in [5.41, 5.74) is 1.55. The van der Waals surface area contributed by atoms with Gasteiger partial charge < -0.3 is 9.47 Å². The van der Waals surface area contributed by atoms with E-state index in [1.165, 1.54) is 32.1 Å². The van der Waals surface area contributed by atoms with Gasteiger partial charge in [-0.15, -0.1) is 0 Å². The van der Waals surface area contributed by atoms with Crippen molar-refractivity contribution in [3.05, 3.63) is 23.8 Å². The first-order chi connectivity index (χ1) is 8.90. The molecule has 0 bridgehead atoms. The van der Waals surface area contributed by atoms with Crippen LogP contribution >= 0.6 is 0 Å². The summed E-state index contributed by atoms with van der Waals surface area (Å²) in [5, 5.41) is 0. The monoisotopic (exact) mass is 250 g/mol. The van der Waals surface area contributed by atoms with Crippen molar-refractivity contribution < 1.29 is 9.47 Å². The zero-order valence-corrected chi connectivity index (χ0v) is 11.6. The number of hydrogen-bond acceptors (Lipinski definition) is 2. The Bertz CT molecular complexity index is 287. The molecule has 2 aliphatic rings. The minimum Gasteiger partial charge on any atom is -0.379 e. The second-order valence-corrected chi connectivity index (χ2v) is 5.24. The van der Waals surface area contributed by atoms with Gasteiger partial charge in [0.1, 0.15) is 0 Å². The Morgan fingerprint density at radius 1 is 1.17 bits per heavy atom. The predicted octanol–water partition coefficient (Wildman–Crippen LogP) is 3.87. The fourth-order valence-corrected chi connectivity index (χ4v) is 2.88. The van der Waals surface area contributed by atoms with E-state index in [9.17, 15) is 0 Å². The molecule has 0 aromatic heterocycles. The Labute approximate surface area is 111 Å². The average Bonchev–Trinajstić information content (AvgIpc) is 2.45. The number of ether oxygens (including phenoxy) is 2. The van der Waals surface area contributed by atoms with Crippen molar-refractivity contribution in [1.82, 2.24) is 0 Å². The van der Waals surface area contributed by atoms with Crippen LogP contribution in [0, 0.1) is 5.92 Å². The van der Waals surface area contributed by atoms with Gasteiger partial charge in [0.05, 0.1) is 19.3 Å². The van der Waals surface area contributed by atoms with E-state index < -0.39 is 0 Å². The second-order valence-electron chi connectivity index (χ2n) is 5.24. The van der Waals surface area contributed by atoms with E-state index in [0.29, 0.717) is 13.2 Å². The molecule has 0 aliphatic heterocycles. The van der Waals surface area contributed by atoms with Crippen molar-refractivity contribution in [2.75, 3.05) is 19.8 Å². The SMILES string of the molecule is CCOCCOC1C=CC(C2CCCCC2)=CC1. The molecule has 18 heavy (non-hydrogen) atoms. The highest BCUT2D eigenvalue weighted by Gasteiger charge is 2.18. The highest BCUT2D eigenvalue weighted by atomic mass is 16.5. The predicted molar refractivity (Wildman–Crippen MR) is 74.6 cm³/mol. The van der Waals surface area contributed by atoms with Gasteiger partial charge in [0.25, 0.3) is 0 Å². The summed E-state index contributed by atoms with van der Waals surface area (Å²) in [5.74, 6) is 0.819. The van der Waals surface area contributed by atoms with E-state index >= 15 is 0 Å². The number of rotatable bonds is 6. The lowest BCUT2D eigenvalue weighted by molar-refractivity contribution is 0.0274. The minimum atomic E-state index is 0.262. The standard InChI is InChI=1S/C16H26O2/c1-2-17-12-13-18-16-10-8-15(9-11-16)14-6-4-3-5-7-14/h8-10,14,16H,2-7,11-13H2,1H3. The molecule has 0 aromatic rings. The highest BCUT2D eigenvalue weighted by molar-refractivity contribution is 5.27. The summed E-state index contributed by atoms with van der Waals surface area (Å²) in [6.45, 7) is 4.20. The van der Waals surface area contributed by atoms with Crippen LogP contribution in [0.2, 0.25) is 0 Å². The molecule has 1 unspecified atom stereocenters. The van der Waals surface area contributed by atoms with Crippen LogP contribution < -0.4 is 0 Å². The summed E-state index contributed by atoms with van der Waals surface area (Å²) < 4.78 is 11.0. The van der Waals surface area contributed by atoms with Crippen LogP contribution in [0.15, 0.2) is 23.8 Å². The average molecular weight is 250 g/mol. The second kappa shape index (κ2) is 7.75. The third-order valence-electron chi connectivity index (χ3n) is 3.93. The summed E-state index contributed by atoms with van der Waals surface area (Å²) in [4.78, 5) is 0. The zero-order chi connectivity index (χ0) is 12.6. The largest absolute Gasteiger partial charge is 0.379 e. The summed E-state index contributed by atoms with van der Waals surface area (Å²) >= 11 is 0. The molecule has 2 nitrogen and oxygen atoms in total. The van der Waals surface area contributed by atoms with E-state index in [2.05, 4.69) is 18.2 Å². The molecule has 1 atom stereocenters. The maximum atomic E-state index is 5.76. The summed E-state index contributed by atoms with van der Waals surface area (Å²) in [6, 6.07) is 0. The van der Waals surface area contributed by atoms with Crippen molar-refractivity contribution in [2.24, 2.45) is 5.92 Å². The van der Waals surface area contributed by atoms with Gasteiger partial charge in [0, 0.05) is 6.61 Å². The van der Waals surface area contributed by atoms with E-state index in [1.54, 1.807) is 5.57 Å². The van der Waals surface area contributed by atoms with Crippen molar-refractivity contribution in [2.45, 2.75) is 51.6 Å². The third kappa shape index (κ3) is 4.25. The first-order valence-electron chi connectivity index (χ1n) is 7.47. The Balaban J connectivity index is 1.69. The van der Waals surface area contributed by atoms with Crippen molar-refractivity contribution >= 4 is 0 Å². The lowest BCUT2D eigenvalue weighted by Gasteiger charge is -2.26. The van der Waals surface area contributed by atoms with Crippen molar-refractivity contribution in [3.8, 4) is 0 Å². The van der Waals surface area contributed by atoms with Gasteiger partial charge in [-0.3, -0.25) is 0 Å². The molecular formula is C16H26O2. The molecule has 0 radical (unpaired) electrons.